The quantitative estimate of drug-likeness (QED) is 0.199. The summed E-state index contributed by atoms with van der Waals surface area (Å²) in [4.78, 5) is 35.3. The summed E-state index contributed by atoms with van der Waals surface area (Å²) >= 11 is 0. The van der Waals surface area contributed by atoms with Gasteiger partial charge in [-0.1, -0.05) is 0 Å². The number of nitrogens with zero attached hydrogens (tertiary/aromatic N) is 1. The van der Waals surface area contributed by atoms with Crippen LogP contribution in [0.4, 0.5) is 5.69 Å². The van der Waals surface area contributed by atoms with E-state index in [4.69, 9.17) is 18.9 Å². The Kier molecular flexibility index (Phi) is 4.55. The fourth-order valence-corrected chi connectivity index (χ4v) is 3.26. The number of ether oxygens (including phenoxy) is 4. The minimum Gasteiger partial charge on any atom is -0.454 e. The summed E-state index contributed by atoms with van der Waals surface area (Å²) < 4.78 is 21.5. The van der Waals surface area contributed by atoms with E-state index in [1.165, 1.54) is 54.6 Å². The Hall–Kier alpha value is -4.66. The van der Waals surface area contributed by atoms with E-state index in [9.17, 15) is 19.7 Å². The van der Waals surface area contributed by atoms with Gasteiger partial charge in [0.2, 0.25) is 12.6 Å². The average molecular weight is 431 g/mol. The standard InChI is InChI=1S/C23H13NO8/c25-22-17-7-6-16(31-23(26)14-3-8-18-20(10-14)30-12-29-18)11-19(17)32-21(22)9-13-1-4-15(5-2-13)24(27)28/h1-11H,12H2/b21-9-. The first-order valence-corrected chi connectivity index (χ1v) is 9.42. The van der Waals surface area contributed by atoms with Crippen LogP contribution in [0.5, 0.6) is 23.0 Å². The summed E-state index contributed by atoms with van der Waals surface area (Å²) in [6, 6.07) is 14.9. The van der Waals surface area contributed by atoms with Crippen molar-refractivity contribution in [1.82, 2.24) is 0 Å². The van der Waals surface area contributed by atoms with Crippen LogP contribution >= 0.6 is 0 Å². The number of hydrogen-bond donors (Lipinski definition) is 0. The number of nitro benzene ring substituents is 1. The number of non-ortho nitro benzene ring substituents is 1. The molecule has 32 heavy (non-hydrogen) atoms. The Morgan fingerprint density at radius 2 is 1.75 bits per heavy atom. The summed E-state index contributed by atoms with van der Waals surface area (Å²) in [5.74, 6) is 0.589. The summed E-state index contributed by atoms with van der Waals surface area (Å²) in [7, 11) is 0. The summed E-state index contributed by atoms with van der Waals surface area (Å²) in [5, 5.41) is 10.8. The van der Waals surface area contributed by atoms with Crippen LogP contribution in [0.1, 0.15) is 26.3 Å². The molecule has 3 aromatic carbocycles. The van der Waals surface area contributed by atoms with E-state index in [0.717, 1.165) is 0 Å². The highest BCUT2D eigenvalue weighted by Crippen LogP contribution is 2.36. The molecule has 2 heterocycles. The molecule has 0 spiro atoms. The monoisotopic (exact) mass is 431 g/mol. The van der Waals surface area contributed by atoms with Crippen molar-refractivity contribution >= 4 is 23.5 Å². The number of esters is 1. The van der Waals surface area contributed by atoms with Gasteiger partial charge in [-0.15, -0.1) is 0 Å². The van der Waals surface area contributed by atoms with Gasteiger partial charge < -0.3 is 18.9 Å². The first-order valence-electron chi connectivity index (χ1n) is 9.42. The van der Waals surface area contributed by atoms with Gasteiger partial charge in [-0.3, -0.25) is 14.9 Å². The normalized spacial score (nSPS) is 14.8. The zero-order valence-corrected chi connectivity index (χ0v) is 16.3. The van der Waals surface area contributed by atoms with Gasteiger partial charge in [0.1, 0.15) is 11.5 Å². The molecule has 5 rings (SSSR count). The minimum atomic E-state index is -0.603. The summed E-state index contributed by atoms with van der Waals surface area (Å²) in [6.07, 6.45) is 1.49. The van der Waals surface area contributed by atoms with Gasteiger partial charge >= 0.3 is 5.97 Å². The molecular formula is C23H13NO8. The maximum absolute atomic E-state index is 12.6. The third-order valence-electron chi connectivity index (χ3n) is 4.86. The minimum absolute atomic E-state index is 0.0528. The van der Waals surface area contributed by atoms with Crippen LogP contribution in [-0.2, 0) is 0 Å². The average Bonchev–Trinajstić information content (AvgIpc) is 3.38. The number of fused-ring (bicyclic) bond motifs is 2. The zero-order valence-electron chi connectivity index (χ0n) is 16.3. The van der Waals surface area contributed by atoms with Crippen LogP contribution in [0.2, 0.25) is 0 Å². The summed E-state index contributed by atoms with van der Waals surface area (Å²) in [5.41, 5.74) is 1.12. The van der Waals surface area contributed by atoms with E-state index >= 15 is 0 Å². The zero-order chi connectivity index (χ0) is 22.2. The van der Waals surface area contributed by atoms with E-state index in [-0.39, 0.29) is 41.1 Å². The fraction of sp³-hybridized carbons (Fsp3) is 0.0435. The van der Waals surface area contributed by atoms with E-state index in [0.29, 0.717) is 22.6 Å². The number of carbonyl (C=O) groups is 2. The SMILES string of the molecule is O=C(Oc1ccc2c(c1)O/C(=C\c1ccc([N+](=O)[O-])cc1)C2=O)c1ccc2c(c1)OCO2. The van der Waals surface area contributed by atoms with Crippen molar-refractivity contribution in [2.45, 2.75) is 0 Å². The van der Waals surface area contributed by atoms with Crippen molar-refractivity contribution in [1.29, 1.82) is 0 Å². The Morgan fingerprint density at radius 3 is 2.53 bits per heavy atom. The highest BCUT2D eigenvalue weighted by molar-refractivity contribution is 6.14. The molecule has 9 nitrogen and oxygen atoms in total. The largest absolute Gasteiger partial charge is 0.454 e. The molecule has 0 bridgehead atoms. The molecule has 0 unspecified atom stereocenters. The van der Waals surface area contributed by atoms with Crippen molar-refractivity contribution in [3.05, 3.63) is 93.2 Å². The van der Waals surface area contributed by atoms with Crippen molar-refractivity contribution in [3.8, 4) is 23.0 Å². The molecule has 0 radical (unpaired) electrons. The second-order valence-corrected chi connectivity index (χ2v) is 6.90. The number of ketones is 1. The van der Waals surface area contributed by atoms with E-state index < -0.39 is 10.9 Å². The van der Waals surface area contributed by atoms with Gasteiger partial charge in [0.15, 0.2) is 17.3 Å². The molecule has 3 aromatic rings. The number of allylic oxidation sites excluding steroid dienone is 1. The number of nitro groups is 1. The van der Waals surface area contributed by atoms with Gasteiger partial charge in [0, 0.05) is 18.2 Å². The molecule has 0 aliphatic carbocycles. The number of carbonyl (C=O) groups excluding carboxylic acids is 2. The number of hydrogen-bond acceptors (Lipinski definition) is 8. The molecule has 9 heteroatoms. The predicted octanol–water partition coefficient (Wildman–Crippen LogP) is 4.16. The smallest absolute Gasteiger partial charge is 0.343 e. The van der Waals surface area contributed by atoms with E-state index in [1.54, 1.807) is 12.1 Å². The second-order valence-electron chi connectivity index (χ2n) is 6.90. The van der Waals surface area contributed by atoms with Crippen LogP contribution < -0.4 is 18.9 Å². The topological polar surface area (TPSA) is 114 Å². The van der Waals surface area contributed by atoms with Crippen molar-refractivity contribution in [2.24, 2.45) is 0 Å². The lowest BCUT2D eigenvalue weighted by Gasteiger charge is -2.06. The van der Waals surface area contributed by atoms with Gasteiger partial charge in [0.05, 0.1) is 16.1 Å². The predicted molar refractivity (Wildman–Crippen MR) is 110 cm³/mol. The lowest BCUT2D eigenvalue weighted by atomic mass is 10.1. The van der Waals surface area contributed by atoms with Crippen LogP contribution in [0.15, 0.2) is 66.4 Å². The molecule has 0 atom stereocenters. The highest BCUT2D eigenvalue weighted by atomic mass is 16.7. The Morgan fingerprint density at radius 1 is 0.969 bits per heavy atom. The molecule has 0 fully saturated rings. The fourth-order valence-electron chi connectivity index (χ4n) is 3.26. The molecule has 0 aromatic heterocycles. The molecule has 2 aliphatic heterocycles. The maximum atomic E-state index is 12.6. The molecule has 2 aliphatic rings. The van der Waals surface area contributed by atoms with E-state index in [2.05, 4.69) is 0 Å². The first-order chi connectivity index (χ1) is 15.5. The van der Waals surface area contributed by atoms with Gasteiger partial charge in [-0.05, 0) is 54.1 Å². The molecule has 0 amide bonds. The third-order valence-corrected chi connectivity index (χ3v) is 4.86. The van der Waals surface area contributed by atoms with Crippen molar-refractivity contribution in [2.75, 3.05) is 6.79 Å². The number of rotatable bonds is 4. The van der Waals surface area contributed by atoms with Crippen molar-refractivity contribution < 1.29 is 33.5 Å². The van der Waals surface area contributed by atoms with Crippen molar-refractivity contribution in [3.63, 3.8) is 0 Å². The lowest BCUT2D eigenvalue weighted by molar-refractivity contribution is -0.384. The van der Waals surface area contributed by atoms with Gasteiger partial charge in [-0.2, -0.15) is 0 Å². The Bertz CT molecular complexity index is 1310. The molecule has 0 saturated heterocycles. The summed E-state index contributed by atoms with van der Waals surface area (Å²) in [6.45, 7) is 0.0970. The third kappa shape index (κ3) is 3.52. The van der Waals surface area contributed by atoms with Crippen LogP contribution in [0.25, 0.3) is 6.08 Å². The Labute approximate surface area is 180 Å². The molecule has 158 valence electrons. The molecule has 0 saturated carbocycles. The number of Topliss-reactive ketones (excluding diaryl/α,β-unsaturated/α-hetero) is 1. The number of benzene rings is 3. The van der Waals surface area contributed by atoms with Crippen LogP contribution in [0.3, 0.4) is 0 Å². The molecule has 0 N–H and O–H groups in total. The van der Waals surface area contributed by atoms with Crippen LogP contribution in [-0.4, -0.2) is 23.5 Å². The van der Waals surface area contributed by atoms with Gasteiger partial charge in [0.25, 0.3) is 5.69 Å². The van der Waals surface area contributed by atoms with E-state index in [1.807, 2.05) is 0 Å². The molecular weight excluding hydrogens is 418 g/mol. The lowest BCUT2D eigenvalue weighted by Crippen LogP contribution is -2.08. The maximum Gasteiger partial charge on any atom is 0.343 e. The Balaban J connectivity index is 1.33. The second kappa shape index (κ2) is 7.55. The first kappa shape index (κ1) is 19.3. The van der Waals surface area contributed by atoms with Crippen LogP contribution in [0, 0.1) is 10.1 Å². The highest BCUT2D eigenvalue weighted by Gasteiger charge is 2.28. The van der Waals surface area contributed by atoms with Gasteiger partial charge in [-0.25, -0.2) is 4.79 Å².